The molecule has 2 aromatic rings. The van der Waals surface area contributed by atoms with Gasteiger partial charge < -0.3 is 15.1 Å². The van der Waals surface area contributed by atoms with Crippen LogP contribution in [0.15, 0.2) is 41.0 Å². The topological polar surface area (TPSA) is 59.5 Å². The zero-order chi connectivity index (χ0) is 15.2. The fourth-order valence-electron chi connectivity index (χ4n) is 2.06. The van der Waals surface area contributed by atoms with Crippen molar-refractivity contribution >= 4 is 5.91 Å². The lowest BCUT2D eigenvalue weighted by atomic mass is 10.1. The molecular weight excluding hydrogens is 264 g/mol. The SMILES string of the molecule is Cc1occc1C(=O)N(C)Cc1cccc(C#CCN)c1. The number of amides is 1. The molecule has 0 saturated heterocycles. The first-order valence-corrected chi connectivity index (χ1v) is 6.69. The highest BCUT2D eigenvalue weighted by Crippen LogP contribution is 2.14. The highest BCUT2D eigenvalue weighted by Gasteiger charge is 2.16. The summed E-state index contributed by atoms with van der Waals surface area (Å²) in [6.45, 7) is 2.63. The van der Waals surface area contributed by atoms with Gasteiger partial charge >= 0.3 is 0 Å². The number of rotatable bonds is 3. The van der Waals surface area contributed by atoms with Crippen LogP contribution in [0.4, 0.5) is 0 Å². The van der Waals surface area contributed by atoms with Gasteiger partial charge in [0, 0.05) is 19.2 Å². The zero-order valence-electron chi connectivity index (χ0n) is 12.2. The van der Waals surface area contributed by atoms with Gasteiger partial charge in [-0.2, -0.15) is 0 Å². The molecule has 0 atom stereocenters. The molecule has 0 fully saturated rings. The van der Waals surface area contributed by atoms with E-state index in [2.05, 4.69) is 11.8 Å². The summed E-state index contributed by atoms with van der Waals surface area (Å²) in [5.41, 5.74) is 7.89. The molecule has 2 rings (SSSR count). The Morgan fingerprint density at radius 3 is 2.86 bits per heavy atom. The Morgan fingerprint density at radius 2 is 2.19 bits per heavy atom. The second-order valence-corrected chi connectivity index (χ2v) is 4.76. The van der Waals surface area contributed by atoms with Crippen LogP contribution in [-0.4, -0.2) is 24.4 Å². The minimum atomic E-state index is -0.0558. The summed E-state index contributed by atoms with van der Waals surface area (Å²) in [5, 5.41) is 0. The molecule has 0 spiro atoms. The van der Waals surface area contributed by atoms with Crippen LogP contribution in [0.2, 0.25) is 0 Å². The van der Waals surface area contributed by atoms with Gasteiger partial charge in [-0.1, -0.05) is 24.0 Å². The Morgan fingerprint density at radius 1 is 1.38 bits per heavy atom. The molecule has 0 saturated carbocycles. The van der Waals surface area contributed by atoms with Crippen molar-refractivity contribution in [2.45, 2.75) is 13.5 Å². The van der Waals surface area contributed by atoms with E-state index in [4.69, 9.17) is 10.2 Å². The summed E-state index contributed by atoms with van der Waals surface area (Å²) in [5.74, 6) is 6.39. The maximum absolute atomic E-state index is 12.3. The molecule has 0 aliphatic rings. The van der Waals surface area contributed by atoms with Crippen molar-refractivity contribution < 1.29 is 9.21 Å². The minimum Gasteiger partial charge on any atom is -0.469 e. The third kappa shape index (κ3) is 3.74. The average Bonchev–Trinajstić information content (AvgIpc) is 2.90. The van der Waals surface area contributed by atoms with Crippen LogP contribution in [0.1, 0.15) is 27.2 Å². The standard InChI is InChI=1S/C17H18N2O2/c1-13-16(8-10-21-13)17(20)19(2)12-15-6-3-5-14(11-15)7-4-9-18/h3,5-6,8,10-11H,9,12,18H2,1-2H3. The molecule has 1 aromatic carbocycles. The number of nitrogens with zero attached hydrogens (tertiary/aromatic N) is 1. The van der Waals surface area contributed by atoms with Gasteiger partial charge in [0.25, 0.3) is 5.91 Å². The highest BCUT2D eigenvalue weighted by atomic mass is 16.3. The summed E-state index contributed by atoms with van der Waals surface area (Å²) in [6.07, 6.45) is 1.53. The Kier molecular flexibility index (Phi) is 4.81. The number of hydrogen-bond acceptors (Lipinski definition) is 3. The second-order valence-electron chi connectivity index (χ2n) is 4.76. The molecule has 0 radical (unpaired) electrons. The van der Waals surface area contributed by atoms with Gasteiger partial charge in [-0.05, 0) is 30.7 Å². The molecule has 1 aromatic heterocycles. The lowest BCUT2D eigenvalue weighted by Gasteiger charge is -2.17. The number of carbonyl (C=O) groups excluding carboxylic acids is 1. The molecule has 0 unspecified atom stereocenters. The molecule has 4 nitrogen and oxygen atoms in total. The number of hydrogen-bond donors (Lipinski definition) is 1. The smallest absolute Gasteiger partial charge is 0.257 e. The number of nitrogens with two attached hydrogens (primary N) is 1. The maximum Gasteiger partial charge on any atom is 0.257 e. The summed E-state index contributed by atoms with van der Waals surface area (Å²) >= 11 is 0. The van der Waals surface area contributed by atoms with E-state index in [9.17, 15) is 4.79 Å². The van der Waals surface area contributed by atoms with Gasteiger partial charge in [0.1, 0.15) is 5.76 Å². The van der Waals surface area contributed by atoms with E-state index < -0.39 is 0 Å². The van der Waals surface area contributed by atoms with Gasteiger partial charge in [0.15, 0.2) is 0 Å². The summed E-state index contributed by atoms with van der Waals surface area (Å²) in [6, 6.07) is 9.48. The van der Waals surface area contributed by atoms with E-state index in [1.807, 2.05) is 24.3 Å². The average molecular weight is 282 g/mol. The summed E-state index contributed by atoms with van der Waals surface area (Å²) < 4.78 is 5.17. The first-order chi connectivity index (χ1) is 10.1. The quantitative estimate of drug-likeness (QED) is 0.878. The van der Waals surface area contributed by atoms with Crippen molar-refractivity contribution in [1.82, 2.24) is 4.90 Å². The van der Waals surface area contributed by atoms with Crippen LogP contribution in [0.5, 0.6) is 0 Å². The third-order valence-electron chi connectivity index (χ3n) is 3.12. The van der Waals surface area contributed by atoms with Gasteiger partial charge in [-0.3, -0.25) is 4.79 Å². The first-order valence-electron chi connectivity index (χ1n) is 6.69. The molecule has 1 amide bonds. The summed E-state index contributed by atoms with van der Waals surface area (Å²) in [4.78, 5) is 14.0. The van der Waals surface area contributed by atoms with Crippen LogP contribution >= 0.6 is 0 Å². The van der Waals surface area contributed by atoms with E-state index in [1.54, 1.807) is 24.9 Å². The lowest BCUT2D eigenvalue weighted by Crippen LogP contribution is -2.26. The predicted molar refractivity (Wildman–Crippen MR) is 81.6 cm³/mol. The maximum atomic E-state index is 12.3. The van der Waals surface area contributed by atoms with Gasteiger partial charge in [-0.25, -0.2) is 0 Å². The first kappa shape index (κ1) is 14.9. The number of benzene rings is 1. The molecule has 0 aliphatic carbocycles. The van der Waals surface area contributed by atoms with E-state index in [1.165, 1.54) is 6.26 Å². The van der Waals surface area contributed by atoms with E-state index >= 15 is 0 Å². The minimum absolute atomic E-state index is 0.0558. The van der Waals surface area contributed by atoms with Gasteiger partial charge in [0.05, 0.1) is 18.4 Å². The number of aryl methyl sites for hydroxylation is 1. The number of furan rings is 1. The molecule has 0 aliphatic heterocycles. The van der Waals surface area contributed by atoms with Crippen LogP contribution in [0.25, 0.3) is 0 Å². The molecule has 0 bridgehead atoms. The van der Waals surface area contributed by atoms with E-state index in [0.717, 1.165) is 11.1 Å². The molecular formula is C17H18N2O2. The van der Waals surface area contributed by atoms with Crippen molar-refractivity contribution in [3.63, 3.8) is 0 Å². The molecule has 2 N–H and O–H groups in total. The molecule has 108 valence electrons. The van der Waals surface area contributed by atoms with Crippen molar-refractivity contribution in [1.29, 1.82) is 0 Å². The van der Waals surface area contributed by atoms with Crippen LogP contribution < -0.4 is 5.73 Å². The van der Waals surface area contributed by atoms with Crippen molar-refractivity contribution in [3.8, 4) is 11.8 Å². The highest BCUT2D eigenvalue weighted by molar-refractivity contribution is 5.94. The Hall–Kier alpha value is -2.51. The van der Waals surface area contributed by atoms with Crippen molar-refractivity contribution in [2.75, 3.05) is 13.6 Å². The van der Waals surface area contributed by atoms with Crippen LogP contribution in [0, 0.1) is 18.8 Å². The Bertz CT molecular complexity index is 692. The van der Waals surface area contributed by atoms with E-state index in [-0.39, 0.29) is 5.91 Å². The Labute approximate surface area is 124 Å². The summed E-state index contributed by atoms with van der Waals surface area (Å²) in [7, 11) is 1.77. The Balaban J connectivity index is 2.11. The molecule has 4 heteroatoms. The van der Waals surface area contributed by atoms with Gasteiger partial charge in [-0.15, -0.1) is 0 Å². The second kappa shape index (κ2) is 6.78. The third-order valence-corrected chi connectivity index (χ3v) is 3.12. The van der Waals surface area contributed by atoms with E-state index in [0.29, 0.717) is 24.4 Å². The fraction of sp³-hybridized carbons (Fsp3) is 0.235. The van der Waals surface area contributed by atoms with Crippen molar-refractivity contribution in [3.05, 3.63) is 59.0 Å². The normalized spacial score (nSPS) is 9.86. The van der Waals surface area contributed by atoms with Crippen LogP contribution in [0.3, 0.4) is 0 Å². The van der Waals surface area contributed by atoms with Crippen molar-refractivity contribution in [2.24, 2.45) is 5.73 Å². The number of carbonyl (C=O) groups is 1. The lowest BCUT2D eigenvalue weighted by molar-refractivity contribution is 0.0783. The fourth-order valence-corrected chi connectivity index (χ4v) is 2.06. The van der Waals surface area contributed by atoms with Crippen LogP contribution in [-0.2, 0) is 6.54 Å². The van der Waals surface area contributed by atoms with Gasteiger partial charge in [0.2, 0.25) is 0 Å². The largest absolute Gasteiger partial charge is 0.469 e. The zero-order valence-corrected chi connectivity index (χ0v) is 12.2. The molecule has 1 heterocycles. The predicted octanol–water partition coefficient (Wildman–Crippen LogP) is 2.17. The molecule has 21 heavy (non-hydrogen) atoms. The monoisotopic (exact) mass is 282 g/mol.